The SMILES string of the molecule is CC1CCN(c2nc3ccccc3cc2C(=O)O)CC1C. The first-order chi connectivity index (χ1) is 10.1. The Bertz CT molecular complexity index is 684. The lowest BCUT2D eigenvalue weighted by atomic mass is 9.88. The number of aromatic nitrogens is 1. The lowest BCUT2D eigenvalue weighted by molar-refractivity contribution is 0.0697. The van der Waals surface area contributed by atoms with Crippen LogP contribution in [0.4, 0.5) is 5.82 Å². The van der Waals surface area contributed by atoms with Gasteiger partial charge in [0.25, 0.3) is 0 Å². The smallest absolute Gasteiger partial charge is 0.339 e. The average molecular weight is 284 g/mol. The normalized spacial score (nSPS) is 22.5. The second-order valence-corrected chi connectivity index (χ2v) is 6.05. The molecule has 0 aliphatic carbocycles. The van der Waals surface area contributed by atoms with Crippen LogP contribution in [0.15, 0.2) is 30.3 Å². The van der Waals surface area contributed by atoms with Crippen molar-refractivity contribution in [1.82, 2.24) is 4.98 Å². The maximum atomic E-state index is 11.6. The number of nitrogens with zero attached hydrogens (tertiary/aromatic N) is 2. The molecule has 1 saturated heterocycles. The predicted molar refractivity (Wildman–Crippen MR) is 83.9 cm³/mol. The van der Waals surface area contributed by atoms with E-state index in [0.29, 0.717) is 23.2 Å². The Balaban J connectivity index is 2.07. The number of pyridine rings is 1. The molecule has 1 aromatic heterocycles. The van der Waals surface area contributed by atoms with Gasteiger partial charge >= 0.3 is 5.97 Å². The molecule has 1 N–H and O–H groups in total. The number of piperidine rings is 1. The number of carboxylic acids is 1. The molecule has 0 bridgehead atoms. The van der Waals surface area contributed by atoms with Crippen molar-refractivity contribution >= 4 is 22.7 Å². The van der Waals surface area contributed by atoms with Crippen molar-refractivity contribution in [3.05, 3.63) is 35.9 Å². The van der Waals surface area contributed by atoms with E-state index in [-0.39, 0.29) is 0 Å². The van der Waals surface area contributed by atoms with Crippen LogP contribution in [0.1, 0.15) is 30.6 Å². The Hall–Kier alpha value is -2.10. The van der Waals surface area contributed by atoms with Gasteiger partial charge in [0.2, 0.25) is 0 Å². The third kappa shape index (κ3) is 2.58. The molecule has 2 unspecified atom stereocenters. The number of para-hydroxylation sites is 1. The molecule has 1 aromatic carbocycles. The average Bonchev–Trinajstić information content (AvgIpc) is 2.48. The minimum Gasteiger partial charge on any atom is -0.478 e. The van der Waals surface area contributed by atoms with E-state index in [1.807, 2.05) is 24.3 Å². The molecule has 3 rings (SSSR count). The van der Waals surface area contributed by atoms with Gasteiger partial charge in [-0.15, -0.1) is 0 Å². The zero-order valence-corrected chi connectivity index (χ0v) is 12.4. The first kappa shape index (κ1) is 13.9. The van der Waals surface area contributed by atoms with Gasteiger partial charge in [-0.25, -0.2) is 9.78 Å². The summed E-state index contributed by atoms with van der Waals surface area (Å²) in [7, 11) is 0. The predicted octanol–water partition coefficient (Wildman–Crippen LogP) is 3.42. The molecular formula is C17H20N2O2. The van der Waals surface area contributed by atoms with Gasteiger partial charge < -0.3 is 10.0 Å². The molecule has 0 spiro atoms. The third-order valence-corrected chi connectivity index (χ3v) is 4.57. The van der Waals surface area contributed by atoms with Crippen molar-refractivity contribution in [2.75, 3.05) is 18.0 Å². The molecule has 110 valence electrons. The third-order valence-electron chi connectivity index (χ3n) is 4.57. The Labute approximate surface area is 124 Å². The number of hydrogen-bond donors (Lipinski definition) is 1. The van der Waals surface area contributed by atoms with Crippen molar-refractivity contribution < 1.29 is 9.90 Å². The van der Waals surface area contributed by atoms with Crippen LogP contribution >= 0.6 is 0 Å². The van der Waals surface area contributed by atoms with E-state index >= 15 is 0 Å². The van der Waals surface area contributed by atoms with Gasteiger partial charge in [0, 0.05) is 18.5 Å². The van der Waals surface area contributed by atoms with Crippen molar-refractivity contribution in [3.63, 3.8) is 0 Å². The molecule has 1 aliphatic rings. The van der Waals surface area contributed by atoms with Crippen molar-refractivity contribution in [2.24, 2.45) is 11.8 Å². The van der Waals surface area contributed by atoms with Crippen molar-refractivity contribution in [2.45, 2.75) is 20.3 Å². The second-order valence-electron chi connectivity index (χ2n) is 6.05. The van der Waals surface area contributed by atoms with Crippen LogP contribution in [0.5, 0.6) is 0 Å². The maximum Gasteiger partial charge on any atom is 0.339 e. The van der Waals surface area contributed by atoms with Gasteiger partial charge in [-0.1, -0.05) is 32.0 Å². The lowest BCUT2D eigenvalue weighted by Gasteiger charge is -2.36. The molecule has 0 radical (unpaired) electrons. The Kier molecular flexibility index (Phi) is 3.53. The summed E-state index contributed by atoms with van der Waals surface area (Å²) in [4.78, 5) is 18.3. The molecule has 0 saturated carbocycles. The van der Waals surface area contributed by atoms with Gasteiger partial charge in [0.1, 0.15) is 11.4 Å². The molecule has 2 heterocycles. The Morgan fingerprint density at radius 1 is 1.29 bits per heavy atom. The van der Waals surface area contributed by atoms with Crippen LogP contribution in [0.25, 0.3) is 10.9 Å². The summed E-state index contributed by atoms with van der Waals surface area (Å²) in [5, 5.41) is 10.4. The van der Waals surface area contributed by atoms with Crippen LogP contribution in [0.2, 0.25) is 0 Å². The number of anilines is 1. The number of carbonyl (C=O) groups is 1. The summed E-state index contributed by atoms with van der Waals surface area (Å²) >= 11 is 0. The molecule has 0 amide bonds. The summed E-state index contributed by atoms with van der Waals surface area (Å²) in [6.45, 7) is 6.22. The molecule has 2 atom stereocenters. The first-order valence-electron chi connectivity index (χ1n) is 7.44. The van der Waals surface area contributed by atoms with Crippen LogP contribution in [0, 0.1) is 11.8 Å². The fourth-order valence-corrected chi connectivity index (χ4v) is 2.96. The van der Waals surface area contributed by atoms with Crippen LogP contribution < -0.4 is 4.90 Å². The summed E-state index contributed by atoms with van der Waals surface area (Å²) in [5.74, 6) is 0.929. The van der Waals surface area contributed by atoms with E-state index in [0.717, 1.165) is 30.4 Å². The zero-order chi connectivity index (χ0) is 15.0. The van der Waals surface area contributed by atoms with Crippen LogP contribution in [-0.4, -0.2) is 29.1 Å². The molecule has 4 heteroatoms. The minimum atomic E-state index is -0.908. The maximum absolute atomic E-state index is 11.6. The molecule has 1 aliphatic heterocycles. The molecule has 2 aromatic rings. The minimum absolute atomic E-state index is 0.301. The largest absolute Gasteiger partial charge is 0.478 e. The summed E-state index contributed by atoms with van der Waals surface area (Å²) in [6, 6.07) is 9.41. The van der Waals surface area contributed by atoms with Gasteiger partial charge in [-0.2, -0.15) is 0 Å². The molecule has 1 fully saturated rings. The van der Waals surface area contributed by atoms with E-state index in [4.69, 9.17) is 0 Å². The highest BCUT2D eigenvalue weighted by Crippen LogP contribution is 2.30. The second kappa shape index (κ2) is 5.35. The number of fused-ring (bicyclic) bond motifs is 1. The lowest BCUT2D eigenvalue weighted by Crippen LogP contribution is -2.39. The number of aromatic carboxylic acids is 1. The van der Waals surface area contributed by atoms with Crippen molar-refractivity contribution in [3.8, 4) is 0 Å². The number of hydrogen-bond acceptors (Lipinski definition) is 3. The van der Waals surface area contributed by atoms with Gasteiger partial charge in [0.05, 0.1) is 5.52 Å². The Morgan fingerprint density at radius 2 is 2.05 bits per heavy atom. The fraction of sp³-hybridized carbons (Fsp3) is 0.412. The Morgan fingerprint density at radius 3 is 2.76 bits per heavy atom. The first-order valence-corrected chi connectivity index (χ1v) is 7.44. The highest BCUT2D eigenvalue weighted by atomic mass is 16.4. The number of carboxylic acid groups (broad SMARTS) is 1. The fourth-order valence-electron chi connectivity index (χ4n) is 2.96. The zero-order valence-electron chi connectivity index (χ0n) is 12.4. The number of rotatable bonds is 2. The summed E-state index contributed by atoms with van der Waals surface area (Å²) in [5.41, 5.74) is 1.15. The van der Waals surface area contributed by atoms with E-state index < -0.39 is 5.97 Å². The quantitative estimate of drug-likeness (QED) is 0.918. The molecular weight excluding hydrogens is 264 g/mol. The molecule has 4 nitrogen and oxygen atoms in total. The van der Waals surface area contributed by atoms with Crippen LogP contribution in [-0.2, 0) is 0 Å². The standard InChI is InChI=1S/C17H20N2O2/c1-11-7-8-19(10-12(11)2)16-14(17(20)21)9-13-5-3-4-6-15(13)18-16/h3-6,9,11-12H,7-8,10H2,1-2H3,(H,20,21). The van der Waals surface area contributed by atoms with Crippen molar-refractivity contribution in [1.29, 1.82) is 0 Å². The molecule has 21 heavy (non-hydrogen) atoms. The van der Waals surface area contributed by atoms with Gasteiger partial charge in [0.15, 0.2) is 0 Å². The van der Waals surface area contributed by atoms with E-state index in [2.05, 4.69) is 23.7 Å². The van der Waals surface area contributed by atoms with E-state index in [1.165, 1.54) is 0 Å². The van der Waals surface area contributed by atoms with Gasteiger partial charge in [-0.3, -0.25) is 0 Å². The number of benzene rings is 1. The van der Waals surface area contributed by atoms with E-state index in [9.17, 15) is 9.90 Å². The summed E-state index contributed by atoms with van der Waals surface area (Å²) < 4.78 is 0. The topological polar surface area (TPSA) is 53.4 Å². The van der Waals surface area contributed by atoms with E-state index in [1.54, 1.807) is 6.07 Å². The van der Waals surface area contributed by atoms with Crippen LogP contribution in [0.3, 0.4) is 0 Å². The monoisotopic (exact) mass is 284 g/mol. The summed E-state index contributed by atoms with van der Waals surface area (Å²) in [6.07, 6.45) is 1.08. The highest BCUT2D eigenvalue weighted by Gasteiger charge is 2.26. The van der Waals surface area contributed by atoms with Gasteiger partial charge in [-0.05, 0) is 30.4 Å². The highest BCUT2D eigenvalue weighted by molar-refractivity contribution is 5.98.